The molecule has 0 atom stereocenters. The standard InChI is InChI=1S/C62H46Si2/c1-63(2,55-37-29-45-21-19-39-11-9-13-41-27-35-53(55)61(45)57(39)41)47-31-23-43(24-32-47)59-49-15-5-7-17-51(49)60(52-18-8-6-16-50(52)59)44-25-33-48(34-26-44)64(3,4)56-38-30-46-22-20-40-12-10-14-42-28-36-54(56)62(46)58(40)42/h5-38H,1-4H3. The van der Waals surface area contributed by atoms with Gasteiger partial charge in [-0.1, -0.05) is 243 Å². The highest BCUT2D eigenvalue weighted by Gasteiger charge is 2.31. The molecule has 2 heteroatoms. The maximum Gasteiger partial charge on any atom is 0.113 e. The number of hydrogen-bond donors (Lipinski definition) is 0. The van der Waals surface area contributed by atoms with Crippen LogP contribution in [0.4, 0.5) is 0 Å². The Hall–Kier alpha value is -7.11. The van der Waals surface area contributed by atoms with Crippen LogP contribution >= 0.6 is 0 Å². The highest BCUT2D eigenvalue weighted by atomic mass is 28.3. The molecule has 0 saturated carbocycles. The predicted octanol–water partition coefficient (Wildman–Crippen LogP) is 14.8. The van der Waals surface area contributed by atoms with Crippen LogP contribution in [0.25, 0.3) is 108 Å². The Morgan fingerprint density at radius 3 is 0.875 bits per heavy atom. The molecule has 13 rings (SSSR count). The van der Waals surface area contributed by atoms with E-state index < -0.39 is 16.1 Å². The molecule has 0 N–H and O–H groups in total. The summed E-state index contributed by atoms with van der Waals surface area (Å²) in [7, 11) is -4.20. The summed E-state index contributed by atoms with van der Waals surface area (Å²) in [5.74, 6) is 0. The fourth-order valence-corrected chi connectivity index (χ4v) is 17.1. The van der Waals surface area contributed by atoms with Gasteiger partial charge < -0.3 is 0 Å². The lowest BCUT2D eigenvalue weighted by Crippen LogP contribution is -2.53. The summed E-state index contributed by atoms with van der Waals surface area (Å²) in [6, 6.07) is 78.9. The van der Waals surface area contributed by atoms with E-state index in [-0.39, 0.29) is 0 Å². The quantitative estimate of drug-likeness (QED) is 0.0888. The SMILES string of the molecule is C[Si](C)(c1ccc(-c2c3ccccc3c(-c3ccc([Si](C)(C)c4ccc5ccc6cccc7ccc4c5c67)cc3)c3ccccc23)cc1)c1ccc2ccc3cccc4ccc1c2c34. The molecule has 0 aliphatic carbocycles. The molecule has 0 bridgehead atoms. The van der Waals surface area contributed by atoms with E-state index in [9.17, 15) is 0 Å². The van der Waals surface area contributed by atoms with Gasteiger partial charge in [0.15, 0.2) is 0 Å². The van der Waals surface area contributed by atoms with Crippen molar-refractivity contribution < 1.29 is 0 Å². The fraction of sp³-hybridized carbons (Fsp3) is 0.0645. The maximum atomic E-state index is 2.52. The van der Waals surface area contributed by atoms with Crippen LogP contribution in [0.5, 0.6) is 0 Å². The molecule has 0 aliphatic rings. The molecule has 13 aromatic carbocycles. The van der Waals surface area contributed by atoms with Crippen LogP contribution in [0.2, 0.25) is 26.2 Å². The molecular weight excluding hydrogens is 801 g/mol. The molecule has 0 radical (unpaired) electrons. The summed E-state index contributed by atoms with van der Waals surface area (Å²) in [6.07, 6.45) is 0. The van der Waals surface area contributed by atoms with Crippen molar-refractivity contribution in [1.82, 2.24) is 0 Å². The van der Waals surface area contributed by atoms with Gasteiger partial charge in [-0.2, -0.15) is 0 Å². The predicted molar refractivity (Wildman–Crippen MR) is 286 cm³/mol. The van der Waals surface area contributed by atoms with E-state index in [0.29, 0.717) is 0 Å². The van der Waals surface area contributed by atoms with E-state index >= 15 is 0 Å². The monoisotopic (exact) mass is 846 g/mol. The van der Waals surface area contributed by atoms with Crippen molar-refractivity contribution in [3.05, 3.63) is 206 Å². The van der Waals surface area contributed by atoms with Crippen LogP contribution in [0, 0.1) is 0 Å². The maximum absolute atomic E-state index is 2.52. The van der Waals surface area contributed by atoms with Gasteiger partial charge in [-0.25, -0.2) is 0 Å². The van der Waals surface area contributed by atoms with Gasteiger partial charge >= 0.3 is 0 Å². The third-order valence-corrected chi connectivity index (χ3v) is 22.2. The Morgan fingerprint density at radius 1 is 0.234 bits per heavy atom. The van der Waals surface area contributed by atoms with Gasteiger partial charge in [-0.05, 0) is 119 Å². The number of fused-ring (bicyclic) bond motifs is 2. The van der Waals surface area contributed by atoms with Gasteiger partial charge in [0.25, 0.3) is 0 Å². The van der Waals surface area contributed by atoms with Crippen LogP contribution in [0.15, 0.2) is 206 Å². The summed E-state index contributed by atoms with van der Waals surface area (Å²) in [5, 5.41) is 27.4. The Balaban J connectivity index is 0.901. The van der Waals surface area contributed by atoms with Crippen molar-refractivity contribution in [2.24, 2.45) is 0 Å². The summed E-state index contributed by atoms with van der Waals surface area (Å²) in [5.41, 5.74) is 5.14. The van der Waals surface area contributed by atoms with Crippen molar-refractivity contribution in [2.75, 3.05) is 0 Å². The van der Waals surface area contributed by atoms with Crippen molar-refractivity contribution in [3.63, 3.8) is 0 Å². The number of hydrogen-bond acceptors (Lipinski definition) is 0. The van der Waals surface area contributed by atoms with E-state index in [1.54, 1.807) is 0 Å². The molecule has 0 heterocycles. The third-order valence-electron chi connectivity index (χ3n) is 15.1. The van der Waals surface area contributed by atoms with Crippen molar-refractivity contribution in [3.8, 4) is 22.3 Å². The second-order valence-electron chi connectivity index (χ2n) is 19.2. The first-order valence-electron chi connectivity index (χ1n) is 22.7. The zero-order valence-corrected chi connectivity index (χ0v) is 38.6. The molecular formula is C62H46Si2. The first-order chi connectivity index (χ1) is 31.3. The second kappa shape index (κ2) is 13.7. The lowest BCUT2D eigenvalue weighted by atomic mass is 9.86. The Morgan fingerprint density at radius 2 is 0.531 bits per heavy atom. The molecule has 13 aromatic rings. The highest BCUT2D eigenvalue weighted by Crippen LogP contribution is 2.44. The average Bonchev–Trinajstić information content (AvgIpc) is 3.34. The zero-order chi connectivity index (χ0) is 42.9. The molecule has 0 amide bonds. The molecule has 0 unspecified atom stereocenters. The summed E-state index contributed by atoms with van der Waals surface area (Å²) < 4.78 is 0. The minimum Gasteiger partial charge on any atom is -0.0620 e. The smallest absolute Gasteiger partial charge is 0.0620 e. The van der Waals surface area contributed by atoms with Crippen molar-refractivity contribution in [2.45, 2.75) is 26.2 Å². The lowest BCUT2D eigenvalue weighted by Gasteiger charge is -2.27. The van der Waals surface area contributed by atoms with Gasteiger partial charge in [-0.15, -0.1) is 0 Å². The molecule has 0 nitrogen and oxygen atoms in total. The first kappa shape index (κ1) is 37.4. The van der Waals surface area contributed by atoms with Gasteiger partial charge in [0, 0.05) is 0 Å². The van der Waals surface area contributed by atoms with Crippen molar-refractivity contribution in [1.29, 1.82) is 0 Å². The van der Waals surface area contributed by atoms with Gasteiger partial charge in [0.2, 0.25) is 0 Å². The van der Waals surface area contributed by atoms with E-state index in [2.05, 4.69) is 232 Å². The molecule has 0 aromatic heterocycles. The van der Waals surface area contributed by atoms with Crippen LogP contribution < -0.4 is 20.7 Å². The summed E-state index contributed by atoms with van der Waals surface area (Å²) in [4.78, 5) is 0. The Kier molecular flexibility index (Phi) is 8.01. The minimum absolute atomic E-state index is 1.26. The van der Waals surface area contributed by atoms with Crippen LogP contribution in [-0.4, -0.2) is 16.1 Å². The number of rotatable bonds is 6. The van der Waals surface area contributed by atoms with E-state index in [1.807, 2.05) is 0 Å². The number of benzene rings is 13. The Bertz CT molecular complexity index is 3640. The third kappa shape index (κ3) is 5.33. The van der Waals surface area contributed by atoms with E-state index in [0.717, 1.165) is 0 Å². The summed E-state index contributed by atoms with van der Waals surface area (Å²) in [6.45, 7) is 10.1. The minimum atomic E-state index is -2.10. The van der Waals surface area contributed by atoms with E-state index in [1.165, 1.54) is 129 Å². The van der Waals surface area contributed by atoms with Crippen LogP contribution in [-0.2, 0) is 0 Å². The van der Waals surface area contributed by atoms with Gasteiger partial charge in [0.05, 0.1) is 0 Å². The molecule has 0 spiro atoms. The molecule has 64 heavy (non-hydrogen) atoms. The normalized spacial score (nSPS) is 12.7. The second-order valence-corrected chi connectivity index (χ2v) is 27.9. The average molecular weight is 847 g/mol. The molecule has 0 fully saturated rings. The topological polar surface area (TPSA) is 0 Å². The van der Waals surface area contributed by atoms with Gasteiger partial charge in [-0.3, -0.25) is 0 Å². The van der Waals surface area contributed by atoms with Crippen LogP contribution in [0.1, 0.15) is 0 Å². The largest absolute Gasteiger partial charge is 0.113 e. The summed E-state index contributed by atoms with van der Waals surface area (Å²) >= 11 is 0. The highest BCUT2D eigenvalue weighted by molar-refractivity contribution is 7.02. The Labute approximate surface area is 375 Å². The van der Waals surface area contributed by atoms with E-state index in [4.69, 9.17) is 0 Å². The fourth-order valence-electron chi connectivity index (χ4n) is 11.7. The van der Waals surface area contributed by atoms with Crippen LogP contribution in [0.3, 0.4) is 0 Å². The van der Waals surface area contributed by atoms with Crippen molar-refractivity contribution >= 4 is 123 Å². The lowest BCUT2D eigenvalue weighted by molar-refractivity contribution is 1.65. The first-order valence-corrected chi connectivity index (χ1v) is 28.7. The molecule has 0 aliphatic heterocycles. The zero-order valence-electron chi connectivity index (χ0n) is 36.6. The molecule has 0 saturated heterocycles. The molecule has 302 valence electrons. The van der Waals surface area contributed by atoms with Gasteiger partial charge in [0.1, 0.15) is 16.1 Å².